The van der Waals surface area contributed by atoms with Gasteiger partial charge in [-0.2, -0.15) is 10.2 Å². The van der Waals surface area contributed by atoms with Crippen LogP contribution in [0, 0.1) is 11.8 Å². The van der Waals surface area contributed by atoms with Crippen LogP contribution in [0.25, 0.3) is 10.9 Å². The number of aliphatic imine (C=N–C) groups is 1. The maximum absolute atomic E-state index is 13.3. The number of fused-ring (bicyclic) bond motifs is 1. The summed E-state index contributed by atoms with van der Waals surface area (Å²) in [6.45, 7) is 5.32. The number of aromatic nitrogens is 6. The normalized spacial score (nSPS) is 11.9. The van der Waals surface area contributed by atoms with E-state index < -0.39 is 11.9 Å². The van der Waals surface area contributed by atoms with Crippen LogP contribution >= 0.6 is 0 Å². The van der Waals surface area contributed by atoms with Gasteiger partial charge in [0.2, 0.25) is 0 Å². The topological polar surface area (TPSA) is 138 Å². The van der Waals surface area contributed by atoms with Crippen molar-refractivity contribution < 1.29 is 4.79 Å². The standard InChI is InChI=1S/C25H25N9O2/c1-6-12-27-23-20(21(26)31-34(23)5)24(35)29-15(2)22-30-18-9-7-8-17(19(18)25(36)33(22)4)11-10-16-13-28-32(3)14-16/h6-9,12-15H,1H2,2-5H3,(H2,26,31)(H,29,35)/b27-12-. The summed E-state index contributed by atoms with van der Waals surface area (Å²) in [4.78, 5) is 35.3. The van der Waals surface area contributed by atoms with Crippen LogP contribution < -0.4 is 16.6 Å². The first-order valence-corrected chi connectivity index (χ1v) is 11.0. The summed E-state index contributed by atoms with van der Waals surface area (Å²) < 4.78 is 4.47. The van der Waals surface area contributed by atoms with E-state index in [0.29, 0.717) is 22.3 Å². The Morgan fingerprint density at radius 1 is 1.28 bits per heavy atom. The van der Waals surface area contributed by atoms with Gasteiger partial charge in [0.25, 0.3) is 11.5 Å². The number of carbonyl (C=O) groups excluding carboxylic acids is 1. The molecule has 1 aromatic carbocycles. The molecule has 0 radical (unpaired) electrons. The second kappa shape index (κ2) is 9.71. The minimum absolute atomic E-state index is 0.0376. The minimum atomic E-state index is -0.624. The zero-order valence-corrected chi connectivity index (χ0v) is 20.4. The van der Waals surface area contributed by atoms with E-state index in [1.165, 1.54) is 21.5 Å². The molecule has 4 rings (SSSR count). The fraction of sp³-hybridized carbons (Fsp3) is 0.200. The summed E-state index contributed by atoms with van der Waals surface area (Å²) in [5, 5.41) is 11.4. The Kier molecular flexibility index (Phi) is 6.52. The Balaban J connectivity index is 1.70. The van der Waals surface area contributed by atoms with Crippen LogP contribution in [-0.4, -0.2) is 41.2 Å². The van der Waals surface area contributed by atoms with E-state index in [4.69, 9.17) is 5.73 Å². The zero-order valence-electron chi connectivity index (χ0n) is 20.4. The number of aryl methyl sites for hydroxylation is 2. The molecular weight excluding hydrogens is 458 g/mol. The monoisotopic (exact) mass is 483 g/mol. The van der Waals surface area contributed by atoms with E-state index in [1.807, 2.05) is 7.05 Å². The molecule has 0 spiro atoms. The number of nitrogen functional groups attached to an aromatic ring is 1. The summed E-state index contributed by atoms with van der Waals surface area (Å²) in [6.07, 6.45) is 6.37. The Morgan fingerprint density at radius 3 is 2.75 bits per heavy atom. The zero-order chi connectivity index (χ0) is 26.0. The molecule has 4 aromatic rings. The summed E-state index contributed by atoms with van der Waals surface area (Å²) >= 11 is 0. The number of rotatable bonds is 5. The van der Waals surface area contributed by atoms with Gasteiger partial charge in [0.05, 0.1) is 28.7 Å². The van der Waals surface area contributed by atoms with Gasteiger partial charge in [-0.15, -0.1) is 0 Å². The number of nitrogens with two attached hydrogens (primary N) is 1. The average Bonchev–Trinajstić information content (AvgIpc) is 3.39. The van der Waals surface area contributed by atoms with Gasteiger partial charge in [-0.1, -0.05) is 30.6 Å². The SMILES string of the molecule is C=C/C=N\c1c(C(=O)NC(C)c2nc3cccc(C#Cc4cnn(C)c4)c3c(=O)n2C)c(N)nn1C. The molecule has 3 heterocycles. The molecule has 3 N–H and O–H groups in total. The highest BCUT2D eigenvalue weighted by molar-refractivity contribution is 6.03. The molecule has 0 saturated carbocycles. The van der Waals surface area contributed by atoms with E-state index >= 15 is 0 Å². The summed E-state index contributed by atoms with van der Waals surface area (Å²) in [5.74, 6) is 6.28. The largest absolute Gasteiger partial charge is 0.381 e. The second-order valence-electron chi connectivity index (χ2n) is 8.10. The minimum Gasteiger partial charge on any atom is -0.381 e. The smallest absolute Gasteiger partial charge is 0.262 e. The van der Waals surface area contributed by atoms with Gasteiger partial charge in [0.1, 0.15) is 11.4 Å². The van der Waals surface area contributed by atoms with Gasteiger partial charge in [-0.3, -0.25) is 18.8 Å². The summed E-state index contributed by atoms with van der Waals surface area (Å²) in [7, 11) is 5.05. The highest BCUT2D eigenvalue weighted by Gasteiger charge is 2.24. The van der Waals surface area contributed by atoms with Crippen molar-refractivity contribution in [2.24, 2.45) is 26.1 Å². The van der Waals surface area contributed by atoms with Crippen molar-refractivity contribution in [2.45, 2.75) is 13.0 Å². The van der Waals surface area contributed by atoms with Crippen LogP contribution in [-0.2, 0) is 21.1 Å². The molecule has 36 heavy (non-hydrogen) atoms. The van der Waals surface area contributed by atoms with Gasteiger partial charge >= 0.3 is 0 Å². The van der Waals surface area contributed by atoms with Gasteiger partial charge in [0, 0.05) is 39.1 Å². The van der Waals surface area contributed by atoms with Gasteiger partial charge in [-0.25, -0.2) is 14.7 Å². The summed E-state index contributed by atoms with van der Waals surface area (Å²) in [5.41, 5.74) is 7.58. The average molecular weight is 484 g/mol. The van der Waals surface area contributed by atoms with Gasteiger partial charge in [-0.05, 0) is 19.1 Å². The molecule has 0 saturated heterocycles. The van der Waals surface area contributed by atoms with Gasteiger partial charge in [0.15, 0.2) is 11.6 Å². The highest BCUT2D eigenvalue weighted by Crippen LogP contribution is 2.25. The number of allylic oxidation sites excluding steroid dienone is 1. The number of carbonyl (C=O) groups is 1. The van der Waals surface area contributed by atoms with E-state index in [1.54, 1.807) is 56.3 Å². The van der Waals surface area contributed by atoms with Gasteiger partial charge < -0.3 is 11.1 Å². The molecule has 11 nitrogen and oxygen atoms in total. The Morgan fingerprint density at radius 2 is 2.06 bits per heavy atom. The third-order valence-corrected chi connectivity index (χ3v) is 5.49. The first kappa shape index (κ1) is 24.2. The molecule has 182 valence electrons. The van der Waals surface area contributed by atoms with Crippen molar-refractivity contribution >= 4 is 34.7 Å². The second-order valence-corrected chi connectivity index (χ2v) is 8.10. The van der Waals surface area contributed by atoms with Crippen molar-refractivity contribution in [3.8, 4) is 11.8 Å². The van der Waals surface area contributed by atoms with Crippen molar-refractivity contribution in [1.82, 2.24) is 34.4 Å². The van der Waals surface area contributed by atoms with Crippen molar-refractivity contribution in [2.75, 3.05) is 5.73 Å². The first-order valence-electron chi connectivity index (χ1n) is 11.0. The number of anilines is 1. The fourth-order valence-electron chi connectivity index (χ4n) is 3.80. The van der Waals surface area contributed by atoms with Crippen molar-refractivity contribution in [3.05, 3.63) is 76.1 Å². The third kappa shape index (κ3) is 4.52. The maximum atomic E-state index is 13.3. The number of amides is 1. The lowest BCUT2D eigenvalue weighted by molar-refractivity contribution is 0.0939. The van der Waals surface area contributed by atoms with E-state index in [0.717, 1.165) is 5.56 Å². The molecule has 1 unspecified atom stereocenters. The Labute approximate surface area is 207 Å². The van der Waals surface area contributed by atoms with Crippen LogP contribution in [0.4, 0.5) is 11.6 Å². The van der Waals surface area contributed by atoms with Crippen LogP contribution in [0.3, 0.4) is 0 Å². The van der Waals surface area contributed by atoms with Crippen molar-refractivity contribution in [3.63, 3.8) is 0 Å². The third-order valence-electron chi connectivity index (χ3n) is 5.49. The number of hydrogen-bond donors (Lipinski definition) is 2. The van der Waals surface area contributed by atoms with Crippen LogP contribution in [0.5, 0.6) is 0 Å². The lowest BCUT2D eigenvalue weighted by Gasteiger charge is -2.17. The Bertz CT molecular complexity index is 1640. The molecule has 1 amide bonds. The molecule has 0 bridgehead atoms. The quantitative estimate of drug-likeness (QED) is 0.328. The molecule has 3 aromatic heterocycles. The predicted octanol–water partition coefficient (Wildman–Crippen LogP) is 1.76. The number of nitrogens with zero attached hydrogens (tertiary/aromatic N) is 7. The lowest BCUT2D eigenvalue weighted by Crippen LogP contribution is -2.33. The van der Waals surface area contributed by atoms with Crippen LogP contribution in [0.15, 0.2) is 53.0 Å². The molecule has 0 aliphatic heterocycles. The molecule has 1 atom stereocenters. The Hall–Kier alpha value is -4.98. The number of hydrogen-bond acceptors (Lipinski definition) is 7. The van der Waals surface area contributed by atoms with Crippen LogP contribution in [0.1, 0.15) is 40.3 Å². The number of nitrogens with one attached hydrogen (secondary N) is 1. The fourth-order valence-corrected chi connectivity index (χ4v) is 3.80. The maximum Gasteiger partial charge on any atom is 0.262 e. The molecule has 0 aliphatic rings. The predicted molar refractivity (Wildman–Crippen MR) is 138 cm³/mol. The number of benzene rings is 1. The highest BCUT2D eigenvalue weighted by atomic mass is 16.2. The first-order chi connectivity index (χ1) is 17.2. The molecule has 0 fully saturated rings. The van der Waals surface area contributed by atoms with E-state index in [9.17, 15) is 9.59 Å². The summed E-state index contributed by atoms with van der Waals surface area (Å²) in [6, 6.07) is 4.68. The molecule has 11 heteroatoms. The van der Waals surface area contributed by atoms with Crippen LogP contribution in [0.2, 0.25) is 0 Å². The van der Waals surface area contributed by atoms with E-state index in [2.05, 4.69) is 43.9 Å². The molecular formula is C25H25N9O2. The lowest BCUT2D eigenvalue weighted by atomic mass is 10.1. The van der Waals surface area contributed by atoms with Crippen molar-refractivity contribution in [1.29, 1.82) is 0 Å². The van der Waals surface area contributed by atoms with E-state index in [-0.39, 0.29) is 22.8 Å². The molecule has 0 aliphatic carbocycles.